The van der Waals surface area contributed by atoms with Crippen LogP contribution in [0.5, 0.6) is 0 Å². The van der Waals surface area contributed by atoms with E-state index in [0.29, 0.717) is 19.3 Å². The summed E-state index contributed by atoms with van der Waals surface area (Å²) < 4.78 is 17.0. The summed E-state index contributed by atoms with van der Waals surface area (Å²) in [5.74, 6) is 1.76. The highest BCUT2D eigenvalue weighted by molar-refractivity contribution is 5.71. The molecular formula is C67H130O6. The molecule has 0 spiro atoms. The van der Waals surface area contributed by atoms with Gasteiger partial charge in [-0.3, -0.25) is 14.4 Å². The fourth-order valence-electron chi connectivity index (χ4n) is 10.4. The molecule has 73 heavy (non-hydrogen) atoms. The van der Waals surface area contributed by atoms with E-state index < -0.39 is 6.10 Å². The van der Waals surface area contributed by atoms with Crippen molar-refractivity contribution in [3.63, 3.8) is 0 Å². The Balaban J connectivity index is 4.28. The van der Waals surface area contributed by atoms with Gasteiger partial charge in [-0.2, -0.15) is 0 Å². The second kappa shape index (κ2) is 58.1. The number of hydrogen-bond donors (Lipinski definition) is 0. The molecule has 0 N–H and O–H groups in total. The molecule has 0 fully saturated rings. The molecule has 0 aromatic rings. The van der Waals surface area contributed by atoms with Crippen LogP contribution in [-0.4, -0.2) is 37.2 Å². The van der Waals surface area contributed by atoms with Crippen LogP contribution in [0, 0.1) is 17.8 Å². The van der Waals surface area contributed by atoms with Gasteiger partial charge in [-0.15, -0.1) is 0 Å². The molecular weight excluding hydrogens is 901 g/mol. The van der Waals surface area contributed by atoms with Gasteiger partial charge in [-0.1, -0.05) is 337 Å². The van der Waals surface area contributed by atoms with Gasteiger partial charge in [0.25, 0.3) is 0 Å². The first kappa shape index (κ1) is 71.4. The van der Waals surface area contributed by atoms with Gasteiger partial charge in [0.15, 0.2) is 6.10 Å². The zero-order valence-electron chi connectivity index (χ0n) is 50.4. The monoisotopic (exact) mass is 1030 g/mol. The standard InChI is InChI=1S/C67H130O6/c1-7-63(6)55-49-43-37-31-25-19-14-15-21-28-34-40-46-52-58-67(70)73-64(60-72-66(69)57-51-45-39-33-27-22-16-18-24-30-36-42-48-54-62(4)5)59-71-65(68)56-50-44-38-32-26-20-13-11-9-8-10-12-17-23-29-35-41-47-53-61(2)3/h61-64H,7-60H2,1-6H3/t63?,64-/m0/s1. The fourth-order valence-corrected chi connectivity index (χ4v) is 10.4. The lowest BCUT2D eigenvalue weighted by atomic mass is 9.99. The maximum absolute atomic E-state index is 12.9. The van der Waals surface area contributed by atoms with E-state index in [4.69, 9.17) is 14.2 Å². The Morgan fingerprint density at radius 2 is 0.479 bits per heavy atom. The lowest BCUT2D eigenvalue weighted by molar-refractivity contribution is -0.167. The summed E-state index contributed by atoms with van der Waals surface area (Å²) in [6, 6.07) is 0. The maximum atomic E-state index is 12.9. The van der Waals surface area contributed by atoms with Crippen molar-refractivity contribution < 1.29 is 28.6 Å². The number of hydrogen-bond acceptors (Lipinski definition) is 6. The zero-order valence-corrected chi connectivity index (χ0v) is 50.4. The van der Waals surface area contributed by atoms with E-state index in [2.05, 4.69) is 41.5 Å². The first-order valence-corrected chi connectivity index (χ1v) is 33.1. The minimum atomic E-state index is -0.765. The third-order valence-corrected chi connectivity index (χ3v) is 15.8. The molecule has 1 unspecified atom stereocenters. The number of rotatable bonds is 60. The topological polar surface area (TPSA) is 78.9 Å². The Kier molecular flexibility index (Phi) is 56.8. The summed E-state index contributed by atoms with van der Waals surface area (Å²) in [6.45, 7) is 13.9. The van der Waals surface area contributed by atoms with Crippen LogP contribution in [0.1, 0.15) is 375 Å². The average molecular weight is 1030 g/mol. The van der Waals surface area contributed by atoms with Crippen molar-refractivity contribution in [3.8, 4) is 0 Å². The first-order chi connectivity index (χ1) is 35.6. The lowest BCUT2D eigenvalue weighted by Crippen LogP contribution is -2.30. The molecule has 0 aliphatic rings. The predicted octanol–water partition coefficient (Wildman–Crippen LogP) is 22.2. The molecule has 0 amide bonds. The Bertz CT molecular complexity index is 1130. The van der Waals surface area contributed by atoms with Gasteiger partial charge in [0, 0.05) is 19.3 Å². The van der Waals surface area contributed by atoms with Gasteiger partial charge < -0.3 is 14.2 Å². The molecule has 0 radical (unpaired) electrons. The second-order valence-electron chi connectivity index (χ2n) is 24.3. The molecule has 0 saturated carbocycles. The molecule has 0 saturated heterocycles. The predicted molar refractivity (Wildman–Crippen MR) is 316 cm³/mol. The highest BCUT2D eigenvalue weighted by Gasteiger charge is 2.20. The summed E-state index contributed by atoms with van der Waals surface area (Å²) in [4.78, 5) is 38.4. The van der Waals surface area contributed by atoms with Crippen LogP contribution in [0.15, 0.2) is 0 Å². The Morgan fingerprint density at radius 1 is 0.274 bits per heavy atom. The summed E-state index contributed by atoms with van der Waals surface area (Å²) in [5.41, 5.74) is 0. The Morgan fingerprint density at radius 3 is 0.712 bits per heavy atom. The summed E-state index contributed by atoms with van der Waals surface area (Å²) in [7, 11) is 0. The largest absolute Gasteiger partial charge is 0.462 e. The third kappa shape index (κ3) is 59.5. The molecule has 0 aliphatic heterocycles. The van der Waals surface area contributed by atoms with E-state index in [1.54, 1.807) is 0 Å². The highest BCUT2D eigenvalue weighted by Crippen LogP contribution is 2.20. The Labute approximate surface area is 457 Å². The molecule has 6 heteroatoms. The van der Waals surface area contributed by atoms with Crippen molar-refractivity contribution >= 4 is 17.9 Å². The van der Waals surface area contributed by atoms with E-state index >= 15 is 0 Å². The number of carbonyl (C=O) groups excluding carboxylic acids is 3. The van der Waals surface area contributed by atoms with Crippen LogP contribution >= 0.6 is 0 Å². The van der Waals surface area contributed by atoms with Crippen molar-refractivity contribution in [2.24, 2.45) is 17.8 Å². The second-order valence-corrected chi connectivity index (χ2v) is 24.3. The first-order valence-electron chi connectivity index (χ1n) is 33.1. The van der Waals surface area contributed by atoms with E-state index in [1.807, 2.05) is 0 Å². The number of esters is 3. The van der Waals surface area contributed by atoms with Crippen molar-refractivity contribution in [3.05, 3.63) is 0 Å². The summed E-state index contributed by atoms with van der Waals surface area (Å²) >= 11 is 0. The minimum absolute atomic E-state index is 0.0623. The van der Waals surface area contributed by atoms with Crippen LogP contribution in [0.4, 0.5) is 0 Å². The fraction of sp³-hybridized carbons (Fsp3) is 0.955. The lowest BCUT2D eigenvalue weighted by Gasteiger charge is -2.18. The molecule has 0 rings (SSSR count). The van der Waals surface area contributed by atoms with Crippen LogP contribution in [0.3, 0.4) is 0 Å². The van der Waals surface area contributed by atoms with Gasteiger partial charge in [0.05, 0.1) is 0 Å². The molecule has 0 aromatic heterocycles. The van der Waals surface area contributed by atoms with E-state index in [-0.39, 0.29) is 31.1 Å². The molecule has 434 valence electrons. The highest BCUT2D eigenvalue weighted by atomic mass is 16.6. The quantitative estimate of drug-likeness (QED) is 0.0343. The molecule has 6 nitrogen and oxygen atoms in total. The molecule has 2 atom stereocenters. The van der Waals surface area contributed by atoms with Crippen LogP contribution in [0.2, 0.25) is 0 Å². The smallest absolute Gasteiger partial charge is 0.306 e. The molecule has 0 bridgehead atoms. The van der Waals surface area contributed by atoms with Crippen molar-refractivity contribution in [1.82, 2.24) is 0 Å². The maximum Gasteiger partial charge on any atom is 0.306 e. The van der Waals surface area contributed by atoms with Gasteiger partial charge in [-0.25, -0.2) is 0 Å². The van der Waals surface area contributed by atoms with Crippen LogP contribution in [-0.2, 0) is 28.6 Å². The third-order valence-electron chi connectivity index (χ3n) is 15.8. The van der Waals surface area contributed by atoms with Gasteiger partial charge in [0.1, 0.15) is 13.2 Å². The van der Waals surface area contributed by atoms with E-state index in [9.17, 15) is 14.4 Å². The normalized spacial score (nSPS) is 12.5. The average Bonchev–Trinajstić information content (AvgIpc) is 3.37. The minimum Gasteiger partial charge on any atom is -0.462 e. The summed E-state index contributed by atoms with van der Waals surface area (Å²) in [6.07, 6.45) is 63.9. The number of unbranched alkanes of at least 4 members (excludes halogenated alkanes) is 42. The zero-order chi connectivity index (χ0) is 53.3. The SMILES string of the molecule is CCC(C)CCCCCCCCCCCCCCCCC(=O)O[C@@H](COC(=O)CCCCCCCCCCCCCCCCCCCCC(C)C)COC(=O)CCCCCCCCCCCCCCCC(C)C. The van der Waals surface area contributed by atoms with Crippen molar-refractivity contribution in [1.29, 1.82) is 0 Å². The van der Waals surface area contributed by atoms with Crippen molar-refractivity contribution in [2.45, 2.75) is 382 Å². The number of ether oxygens (including phenoxy) is 3. The Hall–Kier alpha value is -1.59. The van der Waals surface area contributed by atoms with Gasteiger partial charge in [-0.05, 0) is 37.0 Å². The molecule has 0 heterocycles. The van der Waals surface area contributed by atoms with E-state index in [1.165, 1.54) is 257 Å². The van der Waals surface area contributed by atoms with Gasteiger partial charge in [0.2, 0.25) is 0 Å². The molecule has 0 aliphatic carbocycles. The van der Waals surface area contributed by atoms with Gasteiger partial charge >= 0.3 is 17.9 Å². The summed E-state index contributed by atoms with van der Waals surface area (Å²) in [5, 5.41) is 0. The van der Waals surface area contributed by atoms with Crippen LogP contribution < -0.4 is 0 Å². The van der Waals surface area contributed by atoms with Crippen LogP contribution in [0.25, 0.3) is 0 Å². The molecule has 0 aromatic carbocycles. The van der Waals surface area contributed by atoms with E-state index in [0.717, 1.165) is 75.5 Å². The van der Waals surface area contributed by atoms with Crippen molar-refractivity contribution in [2.75, 3.05) is 13.2 Å². The number of carbonyl (C=O) groups is 3.